The second kappa shape index (κ2) is 7.10. The van der Waals surface area contributed by atoms with Crippen LogP contribution in [0.25, 0.3) is 0 Å². The molecule has 4 rings (SSSR count). The molecule has 0 radical (unpaired) electrons. The Labute approximate surface area is 171 Å². The number of rotatable bonds is 5. The molecule has 1 aromatic carbocycles. The molecule has 3 heterocycles. The van der Waals surface area contributed by atoms with Gasteiger partial charge in [0.1, 0.15) is 24.0 Å². The number of nitrogens with zero attached hydrogens (tertiary/aromatic N) is 2. The number of hydrogen-bond acceptors (Lipinski definition) is 10. The number of benzene rings is 1. The van der Waals surface area contributed by atoms with Crippen molar-refractivity contribution in [2.45, 2.75) is 69.9 Å². The van der Waals surface area contributed by atoms with E-state index >= 15 is 0 Å². The Morgan fingerprint density at radius 2 is 1.73 bits per heavy atom. The summed E-state index contributed by atoms with van der Waals surface area (Å²) in [5.41, 5.74) is -0.690. The van der Waals surface area contributed by atoms with E-state index in [1.807, 2.05) is 0 Å². The molecule has 3 fully saturated rings. The number of hydrogen-bond donors (Lipinski definition) is 1. The molecule has 1 aromatic rings. The predicted molar refractivity (Wildman–Crippen MR) is 101 cm³/mol. The summed E-state index contributed by atoms with van der Waals surface area (Å²) >= 11 is 0. The molecule has 0 amide bonds. The summed E-state index contributed by atoms with van der Waals surface area (Å²) < 4.78 is 29.4. The highest BCUT2D eigenvalue weighted by atomic mass is 16.8. The van der Waals surface area contributed by atoms with E-state index in [-0.39, 0.29) is 18.0 Å². The first kappa shape index (κ1) is 20.9. The quantitative estimate of drug-likeness (QED) is 0.551. The molecule has 5 atom stereocenters. The van der Waals surface area contributed by atoms with E-state index in [2.05, 4.69) is 5.32 Å². The minimum atomic E-state index is -0.895. The molecule has 0 aliphatic carbocycles. The second-order valence-electron chi connectivity index (χ2n) is 8.32. The van der Waals surface area contributed by atoms with Crippen LogP contribution in [0.1, 0.15) is 27.7 Å². The van der Waals surface area contributed by atoms with Gasteiger partial charge in [-0.25, -0.2) is 0 Å². The molecule has 12 heteroatoms. The van der Waals surface area contributed by atoms with Gasteiger partial charge in [0.05, 0.1) is 28.6 Å². The number of nitro groups is 2. The van der Waals surface area contributed by atoms with Crippen molar-refractivity contribution >= 4 is 17.1 Å². The van der Waals surface area contributed by atoms with Crippen LogP contribution in [-0.4, -0.2) is 58.7 Å². The number of fused-ring (bicyclic) bond motifs is 1. The number of nitro benzene ring substituents is 2. The lowest BCUT2D eigenvalue weighted by molar-refractivity contribution is -0.393. The van der Waals surface area contributed by atoms with Crippen LogP contribution in [0.2, 0.25) is 0 Å². The van der Waals surface area contributed by atoms with Gasteiger partial charge in [-0.3, -0.25) is 20.2 Å². The molecule has 3 aliphatic heterocycles. The molecular formula is C18H23N3O9. The maximum Gasteiger partial charge on any atom is 0.299 e. The fraction of sp³-hybridized carbons (Fsp3) is 0.667. The third-order valence-corrected chi connectivity index (χ3v) is 5.20. The van der Waals surface area contributed by atoms with Crippen molar-refractivity contribution in [1.29, 1.82) is 0 Å². The van der Waals surface area contributed by atoms with Crippen LogP contribution in [0.3, 0.4) is 0 Å². The summed E-state index contributed by atoms with van der Waals surface area (Å²) in [7, 11) is 0. The molecule has 0 unspecified atom stereocenters. The van der Waals surface area contributed by atoms with Gasteiger partial charge in [-0.05, 0) is 33.8 Å². The summed E-state index contributed by atoms with van der Waals surface area (Å²) in [6.45, 7) is 7.31. The predicted octanol–water partition coefficient (Wildman–Crippen LogP) is 2.31. The van der Waals surface area contributed by atoms with Crippen molar-refractivity contribution < 1.29 is 33.5 Å². The van der Waals surface area contributed by atoms with E-state index < -0.39 is 57.8 Å². The highest BCUT2D eigenvalue weighted by Crippen LogP contribution is 2.42. The van der Waals surface area contributed by atoms with Gasteiger partial charge >= 0.3 is 0 Å². The first-order valence-electron chi connectivity index (χ1n) is 9.48. The Hall–Kier alpha value is -2.38. The summed E-state index contributed by atoms with van der Waals surface area (Å²) in [5, 5.41) is 25.6. The van der Waals surface area contributed by atoms with Crippen molar-refractivity contribution in [3.05, 3.63) is 38.4 Å². The fourth-order valence-corrected chi connectivity index (χ4v) is 3.98. The highest BCUT2D eigenvalue weighted by Gasteiger charge is 2.58. The van der Waals surface area contributed by atoms with Crippen LogP contribution >= 0.6 is 0 Å². The molecule has 0 spiro atoms. The SMILES string of the molecule is CC1(C)O[C@H]2O[C@H]([C@@H]3COC(C)(C)O3)[C@H](Nc3ccc([N+](=O)[O-])cc3[N+](=O)[O-])[C@H]2O1. The number of anilines is 1. The van der Waals surface area contributed by atoms with Crippen LogP contribution < -0.4 is 5.32 Å². The van der Waals surface area contributed by atoms with E-state index in [0.717, 1.165) is 6.07 Å². The lowest BCUT2D eigenvalue weighted by Crippen LogP contribution is -2.47. The van der Waals surface area contributed by atoms with E-state index in [9.17, 15) is 20.2 Å². The van der Waals surface area contributed by atoms with Crippen molar-refractivity contribution in [2.24, 2.45) is 0 Å². The van der Waals surface area contributed by atoms with Gasteiger partial charge in [0.25, 0.3) is 11.4 Å². The standard InChI is InChI=1S/C18H23N3O9/c1-17(2)26-8-12(28-17)14-13(15-16(27-14)30-18(3,4)29-15)19-10-6-5-9(20(22)23)7-11(10)21(24)25/h5-7,12-16,19H,8H2,1-4H3/t12-,13-,14+,15+,16+/m0/s1. The summed E-state index contributed by atoms with van der Waals surface area (Å²) in [5.74, 6) is -1.69. The maximum absolute atomic E-state index is 11.5. The van der Waals surface area contributed by atoms with Crippen LogP contribution in [0, 0.1) is 20.2 Å². The summed E-state index contributed by atoms with van der Waals surface area (Å²) in [6.07, 6.45) is -2.33. The van der Waals surface area contributed by atoms with E-state index in [0.29, 0.717) is 0 Å². The van der Waals surface area contributed by atoms with Gasteiger partial charge in [-0.1, -0.05) is 0 Å². The van der Waals surface area contributed by atoms with E-state index in [4.69, 9.17) is 23.7 Å². The first-order valence-corrected chi connectivity index (χ1v) is 9.48. The Morgan fingerprint density at radius 3 is 2.33 bits per heavy atom. The van der Waals surface area contributed by atoms with Gasteiger partial charge in [0.2, 0.25) is 0 Å². The maximum atomic E-state index is 11.5. The third kappa shape index (κ3) is 3.84. The molecule has 164 valence electrons. The van der Waals surface area contributed by atoms with Crippen LogP contribution in [-0.2, 0) is 23.7 Å². The van der Waals surface area contributed by atoms with Gasteiger partial charge in [0, 0.05) is 6.07 Å². The molecule has 0 saturated carbocycles. The molecule has 30 heavy (non-hydrogen) atoms. The van der Waals surface area contributed by atoms with E-state index in [1.54, 1.807) is 27.7 Å². The van der Waals surface area contributed by atoms with Crippen molar-refractivity contribution in [2.75, 3.05) is 11.9 Å². The zero-order chi connectivity index (χ0) is 21.8. The van der Waals surface area contributed by atoms with Crippen LogP contribution in [0.15, 0.2) is 18.2 Å². The van der Waals surface area contributed by atoms with Crippen molar-refractivity contribution in [3.63, 3.8) is 0 Å². The molecule has 0 bridgehead atoms. The van der Waals surface area contributed by atoms with Crippen molar-refractivity contribution in [1.82, 2.24) is 0 Å². The Balaban J connectivity index is 1.65. The monoisotopic (exact) mass is 425 g/mol. The summed E-state index contributed by atoms with van der Waals surface area (Å²) in [6, 6.07) is 2.84. The Kier molecular flexibility index (Phi) is 4.94. The average Bonchev–Trinajstić information content (AvgIpc) is 3.25. The first-order chi connectivity index (χ1) is 14.0. The molecule has 0 aromatic heterocycles. The highest BCUT2D eigenvalue weighted by molar-refractivity contribution is 5.66. The zero-order valence-electron chi connectivity index (χ0n) is 16.9. The average molecular weight is 425 g/mol. The Morgan fingerprint density at radius 1 is 1.00 bits per heavy atom. The number of ether oxygens (including phenoxy) is 5. The minimum Gasteiger partial charge on any atom is -0.371 e. The number of nitrogens with one attached hydrogen (secondary N) is 1. The van der Waals surface area contributed by atoms with Gasteiger partial charge in [-0.2, -0.15) is 0 Å². The normalized spacial score (nSPS) is 33.9. The lowest BCUT2D eigenvalue weighted by atomic mass is 10.0. The minimum absolute atomic E-state index is 0.108. The smallest absolute Gasteiger partial charge is 0.299 e. The summed E-state index contributed by atoms with van der Waals surface area (Å²) in [4.78, 5) is 21.2. The molecule has 12 nitrogen and oxygen atoms in total. The van der Waals surface area contributed by atoms with Crippen LogP contribution in [0.5, 0.6) is 0 Å². The largest absolute Gasteiger partial charge is 0.371 e. The molecule has 3 aliphatic rings. The van der Waals surface area contributed by atoms with Gasteiger partial charge in [0.15, 0.2) is 17.9 Å². The van der Waals surface area contributed by atoms with Gasteiger partial charge < -0.3 is 29.0 Å². The fourth-order valence-electron chi connectivity index (χ4n) is 3.98. The third-order valence-electron chi connectivity index (χ3n) is 5.20. The Bertz CT molecular complexity index is 874. The van der Waals surface area contributed by atoms with E-state index in [1.165, 1.54) is 12.1 Å². The lowest BCUT2D eigenvalue weighted by Gasteiger charge is -2.30. The zero-order valence-corrected chi connectivity index (χ0v) is 16.9. The molecule has 1 N–H and O–H groups in total. The second-order valence-corrected chi connectivity index (χ2v) is 8.32. The molecule has 3 saturated heterocycles. The van der Waals surface area contributed by atoms with Gasteiger partial charge in [-0.15, -0.1) is 0 Å². The topological polar surface area (TPSA) is 144 Å². The van der Waals surface area contributed by atoms with Crippen molar-refractivity contribution in [3.8, 4) is 0 Å². The van der Waals surface area contributed by atoms with Crippen LogP contribution in [0.4, 0.5) is 17.1 Å². The number of non-ortho nitro benzene ring substituents is 1. The molecular weight excluding hydrogens is 402 g/mol.